The molecule has 0 aliphatic heterocycles. The van der Waals surface area contributed by atoms with E-state index in [0.717, 1.165) is 12.8 Å². The zero-order valence-corrected chi connectivity index (χ0v) is 15.6. The third-order valence-electron chi connectivity index (χ3n) is 3.23. The van der Waals surface area contributed by atoms with Gasteiger partial charge in [0.2, 0.25) is 0 Å². The summed E-state index contributed by atoms with van der Waals surface area (Å²) in [4.78, 5) is 12.0. The summed E-state index contributed by atoms with van der Waals surface area (Å²) in [5.41, 5.74) is 0.755. The van der Waals surface area contributed by atoms with Crippen LogP contribution < -0.4 is 4.72 Å². The quantitative estimate of drug-likeness (QED) is 0.546. The number of anilines is 1. The van der Waals surface area contributed by atoms with Gasteiger partial charge in [-0.25, -0.2) is 13.2 Å². The van der Waals surface area contributed by atoms with Crippen LogP contribution in [0.5, 0.6) is 0 Å². The van der Waals surface area contributed by atoms with Crippen LogP contribution in [0.3, 0.4) is 0 Å². The molecule has 128 valence electrons. The SMILES string of the molecule is CCCCOC(=O)c1ccc(NS(=O)(=O)c2ccccc2Br)cc1. The molecule has 0 saturated carbocycles. The smallest absolute Gasteiger partial charge is 0.338 e. The Hall–Kier alpha value is -1.86. The minimum Gasteiger partial charge on any atom is -0.462 e. The monoisotopic (exact) mass is 411 g/mol. The fourth-order valence-electron chi connectivity index (χ4n) is 1.94. The van der Waals surface area contributed by atoms with Crippen molar-refractivity contribution >= 4 is 37.6 Å². The van der Waals surface area contributed by atoms with Gasteiger partial charge in [-0.15, -0.1) is 0 Å². The molecule has 0 aliphatic rings. The van der Waals surface area contributed by atoms with Gasteiger partial charge in [-0.05, 0) is 58.7 Å². The molecule has 24 heavy (non-hydrogen) atoms. The second kappa shape index (κ2) is 8.30. The Bertz CT molecular complexity index is 804. The Balaban J connectivity index is 2.09. The van der Waals surface area contributed by atoms with E-state index in [0.29, 0.717) is 22.3 Å². The van der Waals surface area contributed by atoms with E-state index in [4.69, 9.17) is 4.74 Å². The molecule has 0 fully saturated rings. The number of ether oxygens (including phenoxy) is 1. The highest BCUT2D eigenvalue weighted by atomic mass is 79.9. The lowest BCUT2D eigenvalue weighted by Gasteiger charge is -2.10. The molecule has 2 aromatic carbocycles. The molecular formula is C17H18BrNO4S. The van der Waals surface area contributed by atoms with Crippen LogP contribution in [0.25, 0.3) is 0 Å². The molecule has 2 rings (SSSR count). The lowest BCUT2D eigenvalue weighted by molar-refractivity contribution is 0.0500. The summed E-state index contributed by atoms with van der Waals surface area (Å²) in [6.45, 7) is 2.39. The highest BCUT2D eigenvalue weighted by Gasteiger charge is 2.17. The number of esters is 1. The largest absolute Gasteiger partial charge is 0.462 e. The van der Waals surface area contributed by atoms with Crippen molar-refractivity contribution in [2.24, 2.45) is 0 Å². The van der Waals surface area contributed by atoms with Gasteiger partial charge in [-0.1, -0.05) is 25.5 Å². The lowest BCUT2D eigenvalue weighted by Crippen LogP contribution is -2.13. The fourth-order valence-corrected chi connectivity index (χ4v) is 4.00. The fraction of sp³-hybridized carbons (Fsp3) is 0.235. The maximum absolute atomic E-state index is 12.4. The first kappa shape index (κ1) is 18.5. The van der Waals surface area contributed by atoms with Gasteiger partial charge in [0.15, 0.2) is 0 Å². The minimum absolute atomic E-state index is 0.146. The summed E-state index contributed by atoms with van der Waals surface area (Å²) in [6.07, 6.45) is 1.76. The van der Waals surface area contributed by atoms with Crippen LogP contribution in [-0.2, 0) is 14.8 Å². The van der Waals surface area contributed by atoms with E-state index in [-0.39, 0.29) is 4.90 Å². The summed E-state index contributed by atoms with van der Waals surface area (Å²) >= 11 is 3.23. The average molecular weight is 412 g/mol. The first-order valence-electron chi connectivity index (χ1n) is 7.48. The molecule has 5 nitrogen and oxygen atoms in total. The molecule has 2 aromatic rings. The second-order valence-corrected chi connectivity index (χ2v) is 7.61. The van der Waals surface area contributed by atoms with Crippen molar-refractivity contribution in [1.29, 1.82) is 0 Å². The van der Waals surface area contributed by atoms with Gasteiger partial charge < -0.3 is 4.74 Å². The zero-order chi connectivity index (χ0) is 17.6. The van der Waals surface area contributed by atoms with Crippen LogP contribution in [0.15, 0.2) is 57.9 Å². The van der Waals surface area contributed by atoms with E-state index >= 15 is 0 Å². The third-order valence-corrected chi connectivity index (χ3v) is 5.62. The molecule has 7 heteroatoms. The Morgan fingerprint density at radius 2 is 1.79 bits per heavy atom. The van der Waals surface area contributed by atoms with Crippen LogP contribution in [0.1, 0.15) is 30.1 Å². The first-order chi connectivity index (χ1) is 11.4. The van der Waals surface area contributed by atoms with Crippen molar-refractivity contribution in [2.45, 2.75) is 24.7 Å². The maximum Gasteiger partial charge on any atom is 0.338 e. The van der Waals surface area contributed by atoms with Crippen LogP contribution in [0.2, 0.25) is 0 Å². The number of sulfonamides is 1. The van der Waals surface area contributed by atoms with E-state index in [1.165, 1.54) is 30.3 Å². The summed E-state index contributed by atoms with van der Waals surface area (Å²) in [5.74, 6) is -0.413. The van der Waals surface area contributed by atoms with Crippen molar-refractivity contribution in [1.82, 2.24) is 0 Å². The Morgan fingerprint density at radius 3 is 2.42 bits per heavy atom. The Kier molecular flexibility index (Phi) is 6.39. The topological polar surface area (TPSA) is 72.5 Å². The van der Waals surface area contributed by atoms with E-state index in [9.17, 15) is 13.2 Å². The van der Waals surface area contributed by atoms with Crippen molar-refractivity contribution in [3.8, 4) is 0 Å². The standard InChI is InChI=1S/C17H18BrNO4S/c1-2-3-12-23-17(20)13-8-10-14(11-9-13)19-24(21,22)16-7-5-4-6-15(16)18/h4-11,19H,2-3,12H2,1H3. The second-order valence-electron chi connectivity index (χ2n) is 5.10. The lowest BCUT2D eigenvalue weighted by atomic mass is 10.2. The summed E-state index contributed by atoms with van der Waals surface area (Å²) in [5, 5.41) is 0. The van der Waals surface area contributed by atoms with Gasteiger partial charge in [-0.3, -0.25) is 4.72 Å². The molecule has 0 amide bonds. The van der Waals surface area contributed by atoms with Gasteiger partial charge in [0.1, 0.15) is 4.90 Å². The number of carbonyl (C=O) groups excluding carboxylic acids is 1. The molecule has 1 N–H and O–H groups in total. The maximum atomic E-state index is 12.4. The number of hydrogen-bond acceptors (Lipinski definition) is 4. The molecule has 0 aliphatic carbocycles. The van der Waals surface area contributed by atoms with Gasteiger partial charge >= 0.3 is 5.97 Å². The Morgan fingerprint density at radius 1 is 1.12 bits per heavy atom. The van der Waals surface area contributed by atoms with E-state index in [1.54, 1.807) is 18.2 Å². The number of benzene rings is 2. The van der Waals surface area contributed by atoms with Crippen LogP contribution in [0.4, 0.5) is 5.69 Å². The van der Waals surface area contributed by atoms with Crippen molar-refractivity contribution < 1.29 is 17.9 Å². The molecular weight excluding hydrogens is 394 g/mol. The molecule has 0 atom stereocenters. The van der Waals surface area contributed by atoms with E-state index in [2.05, 4.69) is 20.7 Å². The minimum atomic E-state index is -3.71. The number of rotatable bonds is 7. The van der Waals surface area contributed by atoms with Crippen molar-refractivity contribution in [3.63, 3.8) is 0 Å². The normalized spacial score (nSPS) is 11.1. The Labute approximate surface area is 150 Å². The summed E-state index contributed by atoms with van der Waals surface area (Å²) in [7, 11) is -3.71. The van der Waals surface area contributed by atoms with Crippen LogP contribution in [-0.4, -0.2) is 21.0 Å². The molecule has 0 aromatic heterocycles. The summed E-state index contributed by atoms with van der Waals surface area (Å²) < 4.78 is 32.8. The van der Waals surface area contributed by atoms with Gasteiger partial charge in [0, 0.05) is 10.2 Å². The van der Waals surface area contributed by atoms with E-state index < -0.39 is 16.0 Å². The average Bonchev–Trinajstić information content (AvgIpc) is 2.55. The molecule has 0 unspecified atom stereocenters. The van der Waals surface area contributed by atoms with Crippen LogP contribution in [0, 0.1) is 0 Å². The van der Waals surface area contributed by atoms with Gasteiger partial charge in [-0.2, -0.15) is 0 Å². The predicted octanol–water partition coefficient (Wildman–Crippen LogP) is 4.21. The molecule has 0 saturated heterocycles. The van der Waals surface area contributed by atoms with Crippen molar-refractivity contribution in [3.05, 3.63) is 58.6 Å². The van der Waals surface area contributed by atoms with Crippen LogP contribution >= 0.6 is 15.9 Å². The molecule has 0 bridgehead atoms. The molecule has 0 radical (unpaired) electrons. The van der Waals surface area contributed by atoms with Gasteiger partial charge in [0.25, 0.3) is 10.0 Å². The predicted molar refractivity (Wildman–Crippen MR) is 96.6 cm³/mol. The number of hydrogen-bond donors (Lipinski definition) is 1. The van der Waals surface area contributed by atoms with E-state index in [1.807, 2.05) is 6.92 Å². The number of nitrogens with one attached hydrogen (secondary N) is 1. The molecule has 0 spiro atoms. The first-order valence-corrected chi connectivity index (χ1v) is 9.76. The number of carbonyl (C=O) groups is 1. The number of halogens is 1. The third kappa shape index (κ3) is 4.82. The highest BCUT2D eigenvalue weighted by molar-refractivity contribution is 9.10. The summed E-state index contributed by atoms with van der Waals surface area (Å²) in [6, 6.07) is 12.7. The number of unbranched alkanes of at least 4 members (excludes halogenated alkanes) is 1. The highest BCUT2D eigenvalue weighted by Crippen LogP contribution is 2.24. The van der Waals surface area contributed by atoms with Gasteiger partial charge in [0.05, 0.1) is 12.2 Å². The zero-order valence-electron chi connectivity index (χ0n) is 13.2. The van der Waals surface area contributed by atoms with Crippen molar-refractivity contribution in [2.75, 3.05) is 11.3 Å². The molecule has 0 heterocycles.